The molecule has 0 bridgehead atoms. The summed E-state index contributed by atoms with van der Waals surface area (Å²) in [6.45, 7) is -0.116. The molecule has 3 rings (SSSR count). The van der Waals surface area contributed by atoms with Crippen molar-refractivity contribution in [2.45, 2.75) is 0 Å². The third kappa shape index (κ3) is 5.05. The van der Waals surface area contributed by atoms with Gasteiger partial charge in [-0.3, -0.25) is 4.79 Å². The highest BCUT2D eigenvalue weighted by Gasteiger charge is 2.03. The molecule has 0 aliphatic heterocycles. The lowest BCUT2D eigenvalue weighted by Gasteiger charge is -2.06. The van der Waals surface area contributed by atoms with Crippen molar-refractivity contribution >= 4 is 50.4 Å². The fourth-order valence-electron chi connectivity index (χ4n) is 2.23. The molecule has 0 aliphatic carbocycles. The first-order chi connectivity index (χ1) is 12.1. The van der Waals surface area contributed by atoms with Gasteiger partial charge in [0.1, 0.15) is 5.75 Å². The smallest absolute Gasteiger partial charge is 0.277 e. The lowest BCUT2D eigenvalue weighted by atomic mass is 10.1. The predicted molar refractivity (Wildman–Crippen MR) is 104 cm³/mol. The molecule has 6 heteroatoms. The molecule has 3 aromatic rings. The van der Waals surface area contributed by atoms with Crippen LogP contribution in [0, 0.1) is 0 Å². The summed E-state index contributed by atoms with van der Waals surface area (Å²) >= 11 is 9.32. The maximum atomic E-state index is 11.8. The lowest BCUT2D eigenvalue weighted by molar-refractivity contribution is -0.123. The van der Waals surface area contributed by atoms with Crippen molar-refractivity contribution < 1.29 is 9.53 Å². The highest BCUT2D eigenvalue weighted by Crippen LogP contribution is 2.24. The van der Waals surface area contributed by atoms with E-state index < -0.39 is 0 Å². The van der Waals surface area contributed by atoms with Crippen molar-refractivity contribution in [3.63, 3.8) is 0 Å². The summed E-state index contributed by atoms with van der Waals surface area (Å²) in [6.07, 6.45) is 1.53. The monoisotopic (exact) mass is 416 g/mol. The second kappa shape index (κ2) is 8.14. The molecular formula is C19H14BrClN2O2. The van der Waals surface area contributed by atoms with Crippen LogP contribution in [-0.4, -0.2) is 18.7 Å². The third-order valence-corrected chi connectivity index (χ3v) is 4.12. The van der Waals surface area contributed by atoms with Gasteiger partial charge in [-0.15, -0.1) is 0 Å². The number of halogens is 2. The second-order valence-corrected chi connectivity index (χ2v) is 6.64. The van der Waals surface area contributed by atoms with E-state index in [2.05, 4.69) is 26.5 Å². The van der Waals surface area contributed by atoms with Crippen molar-refractivity contribution in [2.24, 2.45) is 5.10 Å². The van der Waals surface area contributed by atoms with Crippen LogP contribution >= 0.6 is 27.5 Å². The quantitative estimate of drug-likeness (QED) is 0.479. The van der Waals surface area contributed by atoms with Gasteiger partial charge >= 0.3 is 0 Å². The molecule has 0 unspecified atom stereocenters. The molecular weight excluding hydrogens is 404 g/mol. The van der Waals surface area contributed by atoms with Crippen LogP contribution in [0.5, 0.6) is 5.75 Å². The molecule has 0 saturated carbocycles. The molecule has 0 heterocycles. The number of rotatable bonds is 5. The van der Waals surface area contributed by atoms with E-state index in [-0.39, 0.29) is 12.5 Å². The SMILES string of the molecule is O=C(COc1ccc2cc(Br)ccc2c1)N/N=C/c1cccc(Cl)c1. The number of hydrazone groups is 1. The maximum Gasteiger partial charge on any atom is 0.277 e. The number of nitrogens with one attached hydrogen (secondary N) is 1. The van der Waals surface area contributed by atoms with Gasteiger partial charge in [-0.05, 0) is 52.7 Å². The van der Waals surface area contributed by atoms with E-state index in [9.17, 15) is 4.79 Å². The van der Waals surface area contributed by atoms with Crippen LogP contribution in [-0.2, 0) is 4.79 Å². The van der Waals surface area contributed by atoms with Crippen LogP contribution in [0.3, 0.4) is 0 Å². The van der Waals surface area contributed by atoms with E-state index in [1.54, 1.807) is 12.1 Å². The van der Waals surface area contributed by atoms with E-state index in [4.69, 9.17) is 16.3 Å². The predicted octanol–water partition coefficient (Wildman–Crippen LogP) is 4.78. The highest BCUT2D eigenvalue weighted by molar-refractivity contribution is 9.10. The summed E-state index contributed by atoms with van der Waals surface area (Å²) in [4.78, 5) is 11.8. The Morgan fingerprint density at radius 3 is 2.76 bits per heavy atom. The molecule has 4 nitrogen and oxygen atoms in total. The van der Waals surface area contributed by atoms with Crippen LogP contribution in [0.2, 0.25) is 5.02 Å². The molecule has 0 atom stereocenters. The summed E-state index contributed by atoms with van der Waals surface area (Å²) in [7, 11) is 0. The Labute approximate surface area is 158 Å². The normalized spacial score (nSPS) is 11.0. The number of carbonyl (C=O) groups excluding carboxylic acids is 1. The second-order valence-electron chi connectivity index (χ2n) is 5.29. The number of benzene rings is 3. The Balaban J connectivity index is 1.54. The topological polar surface area (TPSA) is 50.7 Å². The largest absolute Gasteiger partial charge is 0.484 e. The Hall–Kier alpha value is -2.37. The van der Waals surface area contributed by atoms with Gasteiger partial charge in [-0.1, -0.05) is 51.8 Å². The number of hydrogen-bond donors (Lipinski definition) is 1. The van der Waals surface area contributed by atoms with Crippen LogP contribution < -0.4 is 10.2 Å². The summed E-state index contributed by atoms with van der Waals surface area (Å²) in [6, 6.07) is 18.8. The average molecular weight is 418 g/mol. The van der Waals surface area contributed by atoms with E-state index in [1.165, 1.54) is 6.21 Å². The first kappa shape index (κ1) is 17.5. The summed E-state index contributed by atoms with van der Waals surface area (Å²) in [5.74, 6) is 0.290. The summed E-state index contributed by atoms with van der Waals surface area (Å²) in [5, 5.41) is 6.64. The van der Waals surface area contributed by atoms with Gasteiger partial charge in [0, 0.05) is 9.50 Å². The Kier molecular flexibility index (Phi) is 5.68. The number of carbonyl (C=O) groups is 1. The number of fused-ring (bicyclic) bond motifs is 1. The number of amides is 1. The van der Waals surface area contributed by atoms with Gasteiger partial charge in [0.05, 0.1) is 6.21 Å². The van der Waals surface area contributed by atoms with Gasteiger partial charge in [0.2, 0.25) is 0 Å². The van der Waals surface area contributed by atoms with Crippen LogP contribution in [0.1, 0.15) is 5.56 Å². The van der Waals surface area contributed by atoms with Crippen LogP contribution in [0.25, 0.3) is 10.8 Å². The maximum absolute atomic E-state index is 11.8. The summed E-state index contributed by atoms with van der Waals surface area (Å²) < 4.78 is 6.53. The molecule has 1 amide bonds. The van der Waals surface area contributed by atoms with E-state index in [0.717, 1.165) is 20.8 Å². The fourth-order valence-corrected chi connectivity index (χ4v) is 2.81. The number of nitrogens with zero attached hydrogens (tertiary/aromatic N) is 1. The molecule has 3 aromatic carbocycles. The lowest BCUT2D eigenvalue weighted by Crippen LogP contribution is -2.24. The average Bonchev–Trinajstić information content (AvgIpc) is 2.60. The fraction of sp³-hybridized carbons (Fsp3) is 0.0526. The summed E-state index contributed by atoms with van der Waals surface area (Å²) in [5.41, 5.74) is 3.22. The molecule has 0 spiro atoms. The van der Waals surface area contributed by atoms with Crippen molar-refractivity contribution in [1.82, 2.24) is 5.43 Å². The Morgan fingerprint density at radius 1 is 1.12 bits per heavy atom. The minimum atomic E-state index is -0.339. The van der Waals surface area contributed by atoms with Gasteiger partial charge in [-0.25, -0.2) is 5.43 Å². The number of hydrogen-bond acceptors (Lipinski definition) is 3. The Morgan fingerprint density at radius 2 is 1.92 bits per heavy atom. The van der Waals surface area contributed by atoms with Gasteiger partial charge in [0.15, 0.2) is 6.61 Å². The zero-order valence-corrected chi connectivity index (χ0v) is 15.4. The van der Waals surface area contributed by atoms with E-state index >= 15 is 0 Å². The molecule has 0 saturated heterocycles. The van der Waals surface area contributed by atoms with E-state index in [0.29, 0.717) is 10.8 Å². The molecule has 126 valence electrons. The first-order valence-corrected chi connectivity index (χ1v) is 8.67. The zero-order valence-electron chi connectivity index (χ0n) is 13.1. The highest BCUT2D eigenvalue weighted by atomic mass is 79.9. The molecule has 0 aliphatic rings. The van der Waals surface area contributed by atoms with Crippen molar-refractivity contribution in [1.29, 1.82) is 0 Å². The molecule has 0 radical (unpaired) electrons. The van der Waals surface area contributed by atoms with Crippen molar-refractivity contribution in [2.75, 3.05) is 6.61 Å². The van der Waals surface area contributed by atoms with Crippen LogP contribution in [0.15, 0.2) is 70.2 Å². The Bertz CT molecular complexity index is 944. The third-order valence-electron chi connectivity index (χ3n) is 3.40. The minimum absolute atomic E-state index is 0.116. The zero-order chi connectivity index (χ0) is 17.6. The minimum Gasteiger partial charge on any atom is -0.484 e. The standard InChI is InChI=1S/C19H14BrClN2O2/c20-16-6-4-15-10-18(7-5-14(15)9-16)25-12-19(24)23-22-11-13-2-1-3-17(21)8-13/h1-11H,12H2,(H,23,24)/b22-11+. The molecule has 1 N–H and O–H groups in total. The van der Waals surface area contributed by atoms with Gasteiger partial charge in [0.25, 0.3) is 5.91 Å². The van der Waals surface area contributed by atoms with Gasteiger partial charge in [-0.2, -0.15) is 5.10 Å². The van der Waals surface area contributed by atoms with E-state index in [1.807, 2.05) is 48.5 Å². The number of ether oxygens (including phenoxy) is 1. The molecule has 0 fully saturated rings. The molecule has 25 heavy (non-hydrogen) atoms. The first-order valence-electron chi connectivity index (χ1n) is 7.50. The van der Waals surface area contributed by atoms with Crippen LogP contribution in [0.4, 0.5) is 0 Å². The van der Waals surface area contributed by atoms with Crippen molar-refractivity contribution in [3.05, 3.63) is 75.7 Å². The molecule has 0 aromatic heterocycles. The van der Waals surface area contributed by atoms with Crippen molar-refractivity contribution in [3.8, 4) is 5.75 Å². The van der Waals surface area contributed by atoms with Gasteiger partial charge < -0.3 is 4.74 Å².